The van der Waals surface area contributed by atoms with Gasteiger partial charge in [-0.05, 0) is 18.9 Å². The topological polar surface area (TPSA) is 42.0 Å². The van der Waals surface area contributed by atoms with Crippen LogP contribution in [0.5, 0.6) is 0 Å². The van der Waals surface area contributed by atoms with Gasteiger partial charge in [-0.1, -0.05) is 37.3 Å². The third kappa shape index (κ3) is 3.42. The Balaban J connectivity index is 2.04. The molecule has 1 heterocycles. The van der Waals surface area contributed by atoms with Crippen LogP contribution in [0, 0.1) is 5.82 Å². The predicted molar refractivity (Wildman–Crippen MR) is 68.2 cm³/mol. The lowest BCUT2D eigenvalue weighted by atomic mass is 10.1. The molecular weight excluding hydrogens is 255 g/mol. The average Bonchev–Trinajstić information content (AvgIpc) is 2.61. The predicted octanol–water partition coefficient (Wildman–Crippen LogP) is 3.33. The zero-order valence-electron chi connectivity index (χ0n) is 10.1. The molecule has 1 fully saturated rings. The van der Waals surface area contributed by atoms with E-state index in [1.54, 1.807) is 0 Å². The fourth-order valence-corrected chi connectivity index (χ4v) is 2.46. The first-order valence-electron chi connectivity index (χ1n) is 6.29. The molecule has 1 aliphatic rings. The number of carbonyl (C=O) groups is 1. The second-order valence-corrected chi connectivity index (χ2v) is 5.01. The summed E-state index contributed by atoms with van der Waals surface area (Å²) in [6.45, 7) is 0. The van der Waals surface area contributed by atoms with Crippen LogP contribution in [0.4, 0.5) is 4.39 Å². The van der Waals surface area contributed by atoms with Crippen molar-refractivity contribution in [3.63, 3.8) is 0 Å². The SMILES string of the molecule is O=C(NC1CCCCCC1)c1cc(F)cnc1Cl. The van der Waals surface area contributed by atoms with Crippen molar-refractivity contribution in [1.82, 2.24) is 10.3 Å². The summed E-state index contributed by atoms with van der Waals surface area (Å²) in [7, 11) is 0. The molecule has 1 aliphatic carbocycles. The van der Waals surface area contributed by atoms with E-state index in [0.29, 0.717) is 0 Å². The Morgan fingerprint density at radius 1 is 1.33 bits per heavy atom. The number of amides is 1. The van der Waals surface area contributed by atoms with Crippen molar-refractivity contribution in [3.05, 3.63) is 28.8 Å². The van der Waals surface area contributed by atoms with Gasteiger partial charge >= 0.3 is 0 Å². The van der Waals surface area contributed by atoms with Crippen LogP contribution in [0.1, 0.15) is 48.9 Å². The van der Waals surface area contributed by atoms with Crippen LogP contribution in [0.15, 0.2) is 12.3 Å². The fraction of sp³-hybridized carbons (Fsp3) is 0.538. The van der Waals surface area contributed by atoms with Crippen LogP contribution in [-0.4, -0.2) is 16.9 Å². The van der Waals surface area contributed by atoms with Crippen molar-refractivity contribution in [3.8, 4) is 0 Å². The Morgan fingerprint density at radius 2 is 2.00 bits per heavy atom. The standard InChI is InChI=1S/C13H16ClFN2O/c14-12-11(7-9(15)8-16-12)13(18)17-10-5-3-1-2-4-6-10/h7-8,10H,1-6H2,(H,17,18). The van der Waals surface area contributed by atoms with Crippen molar-refractivity contribution in [1.29, 1.82) is 0 Å². The minimum atomic E-state index is -0.551. The zero-order chi connectivity index (χ0) is 13.0. The highest BCUT2D eigenvalue weighted by Gasteiger charge is 2.18. The summed E-state index contributed by atoms with van der Waals surface area (Å²) in [5, 5.41) is 2.96. The van der Waals surface area contributed by atoms with Gasteiger partial charge in [-0.2, -0.15) is 0 Å². The molecule has 3 nitrogen and oxygen atoms in total. The van der Waals surface area contributed by atoms with E-state index in [4.69, 9.17) is 11.6 Å². The van der Waals surface area contributed by atoms with E-state index in [2.05, 4.69) is 10.3 Å². The van der Waals surface area contributed by atoms with Crippen molar-refractivity contribution in [2.75, 3.05) is 0 Å². The molecule has 5 heteroatoms. The maximum atomic E-state index is 13.0. The lowest BCUT2D eigenvalue weighted by Crippen LogP contribution is -2.34. The molecule has 0 unspecified atom stereocenters. The Kier molecular flexibility index (Phi) is 4.53. The average molecular weight is 271 g/mol. The van der Waals surface area contributed by atoms with Crippen LogP contribution in [0.25, 0.3) is 0 Å². The molecule has 1 aromatic heterocycles. The third-order valence-corrected chi connectivity index (χ3v) is 3.54. The van der Waals surface area contributed by atoms with Crippen LogP contribution < -0.4 is 5.32 Å². The van der Waals surface area contributed by atoms with Crippen molar-refractivity contribution in [2.45, 2.75) is 44.6 Å². The first-order valence-corrected chi connectivity index (χ1v) is 6.66. The summed E-state index contributed by atoms with van der Waals surface area (Å²) in [5.41, 5.74) is 0.112. The summed E-state index contributed by atoms with van der Waals surface area (Å²) in [6, 6.07) is 1.29. The maximum Gasteiger partial charge on any atom is 0.254 e. The molecule has 0 aliphatic heterocycles. The molecule has 1 aromatic rings. The van der Waals surface area contributed by atoms with Crippen LogP contribution >= 0.6 is 11.6 Å². The summed E-state index contributed by atoms with van der Waals surface area (Å²) in [5.74, 6) is -0.885. The van der Waals surface area contributed by atoms with Crippen LogP contribution in [0.2, 0.25) is 5.15 Å². The summed E-state index contributed by atoms with van der Waals surface area (Å²) in [6.07, 6.45) is 7.65. The summed E-state index contributed by atoms with van der Waals surface area (Å²) >= 11 is 5.80. The molecule has 0 atom stereocenters. The molecule has 1 N–H and O–H groups in total. The quantitative estimate of drug-likeness (QED) is 0.662. The van der Waals surface area contributed by atoms with Crippen LogP contribution in [-0.2, 0) is 0 Å². The van der Waals surface area contributed by atoms with Crippen molar-refractivity contribution >= 4 is 17.5 Å². The Hall–Kier alpha value is -1.16. The monoisotopic (exact) mass is 270 g/mol. The molecule has 0 spiro atoms. The number of aromatic nitrogens is 1. The summed E-state index contributed by atoms with van der Waals surface area (Å²) < 4.78 is 13.0. The first kappa shape index (κ1) is 13.3. The molecule has 0 radical (unpaired) electrons. The lowest BCUT2D eigenvalue weighted by molar-refractivity contribution is 0.0932. The zero-order valence-corrected chi connectivity index (χ0v) is 10.8. The van der Waals surface area contributed by atoms with Gasteiger partial charge in [0.1, 0.15) is 11.0 Å². The Morgan fingerprint density at radius 3 is 2.67 bits per heavy atom. The molecule has 0 bridgehead atoms. The van der Waals surface area contributed by atoms with E-state index in [9.17, 15) is 9.18 Å². The fourth-order valence-electron chi connectivity index (χ4n) is 2.27. The number of nitrogens with zero attached hydrogens (tertiary/aromatic N) is 1. The number of nitrogens with one attached hydrogen (secondary N) is 1. The van der Waals surface area contributed by atoms with Gasteiger partial charge in [0.05, 0.1) is 11.8 Å². The second kappa shape index (κ2) is 6.14. The van der Waals surface area contributed by atoms with Gasteiger partial charge in [0.2, 0.25) is 0 Å². The van der Waals surface area contributed by atoms with E-state index < -0.39 is 5.82 Å². The van der Waals surface area contributed by atoms with E-state index in [0.717, 1.165) is 37.9 Å². The summed E-state index contributed by atoms with van der Waals surface area (Å²) in [4.78, 5) is 15.6. The van der Waals surface area contributed by atoms with Crippen molar-refractivity contribution in [2.24, 2.45) is 0 Å². The molecular formula is C13H16ClFN2O. The number of carbonyl (C=O) groups excluding carboxylic acids is 1. The highest BCUT2D eigenvalue weighted by molar-refractivity contribution is 6.32. The second-order valence-electron chi connectivity index (χ2n) is 4.65. The van der Waals surface area contributed by atoms with Gasteiger partial charge < -0.3 is 5.32 Å². The number of rotatable bonds is 2. The number of pyridine rings is 1. The first-order chi connectivity index (χ1) is 8.66. The highest BCUT2D eigenvalue weighted by atomic mass is 35.5. The number of halogens is 2. The van der Waals surface area contributed by atoms with Gasteiger partial charge in [-0.3, -0.25) is 4.79 Å². The normalized spacial score (nSPS) is 17.2. The third-order valence-electron chi connectivity index (χ3n) is 3.24. The molecule has 0 aromatic carbocycles. The van der Waals surface area contributed by atoms with Gasteiger partial charge in [0.25, 0.3) is 5.91 Å². The number of hydrogen-bond acceptors (Lipinski definition) is 2. The maximum absolute atomic E-state index is 13.0. The van der Waals surface area contributed by atoms with E-state index in [1.165, 1.54) is 12.8 Å². The van der Waals surface area contributed by atoms with Gasteiger partial charge in [0, 0.05) is 6.04 Å². The Labute approximate surface area is 111 Å². The molecule has 0 saturated heterocycles. The minimum Gasteiger partial charge on any atom is -0.349 e. The smallest absolute Gasteiger partial charge is 0.254 e. The van der Waals surface area contributed by atoms with Crippen molar-refractivity contribution < 1.29 is 9.18 Å². The molecule has 2 rings (SSSR count). The van der Waals surface area contributed by atoms with E-state index >= 15 is 0 Å². The van der Waals surface area contributed by atoms with Gasteiger partial charge in [-0.25, -0.2) is 9.37 Å². The molecule has 18 heavy (non-hydrogen) atoms. The van der Waals surface area contributed by atoms with Crippen LogP contribution in [0.3, 0.4) is 0 Å². The molecule has 1 saturated carbocycles. The minimum absolute atomic E-state index is 0.0440. The Bertz CT molecular complexity index is 431. The van der Waals surface area contributed by atoms with E-state index in [1.807, 2.05) is 0 Å². The lowest BCUT2D eigenvalue weighted by Gasteiger charge is -2.16. The van der Waals surface area contributed by atoms with E-state index in [-0.39, 0.29) is 22.7 Å². The highest BCUT2D eigenvalue weighted by Crippen LogP contribution is 2.19. The molecule has 98 valence electrons. The molecule has 1 amide bonds. The van der Waals surface area contributed by atoms with Gasteiger partial charge in [-0.15, -0.1) is 0 Å². The number of hydrogen-bond donors (Lipinski definition) is 1. The van der Waals surface area contributed by atoms with Gasteiger partial charge in [0.15, 0.2) is 0 Å². The largest absolute Gasteiger partial charge is 0.349 e.